The number of aromatic hydroxyl groups is 1. The predicted molar refractivity (Wildman–Crippen MR) is 112 cm³/mol. The summed E-state index contributed by atoms with van der Waals surface area (Å²) in [5.41, 5.74) is 1.65. The lowest BCUT2D eigenvalue weighted by Crippen LogP contribution is -2.12. The van der Waals surface area contributed by atoms with Gasteiger partial charge < -0.3 is 10.4 Å². The molecule has 0 fully saturated rings. The molecule has 3 aromatic rings. The van der Waals surface area contributed by atoms with E-state index >= 15 is 0 Å². The van der Waals surface area contributed by atoms with E-state index in [-0.39, 0.29) is 22.4 Å². The molecule has 2 heterocycles. The Morgan fingerprint density at radius 2 is 1.93 bits per heavy atom. The molecule has 0 radical (unpaired) electrons. The predicted octanol–water partition coefficient (Wildman–Crippen LogP) is 4.10. The Morgan fingerprint density at radius 3 is 2.61 bits per heavy atom. The molecule has 3 rings (SSSR count). The van der Waals surface area contributed by atoms with Gasteiger partial charge in [-0.1, -0.05) is 11.6 Å². The molecular formula is C18H16ClN3O4S2. The maximum absolute atomic E-state index is 12.6. The average molecular weight is 438 g/mol. The lowest BCUT2D eigenvalue weighted by Gasteiger charge is -2.09. The maximum Gasteiger partial charge on any atom is 0.265 e. The van der Waals surface area contributed by atoms with Gasteiger partial charge in [0.2, 0.25) is 10.0 Å². The number of aromatic nitrogens is 1. The molecule has 0 saturated heterocycles. The smallest absolute Gasteiger partial charge is 0.265 e. The third-order valence-electron chi connectivity index (χ3n) is 3.64. The van der Waals surface area contributed by atoms with Crippen LogP contribution in [-0.2, 0) is 10.0 Å². The summed E-state index contributed by atoms with van der Waals surface area (Å²) in [6.07, 6.45) is 2.59. The van der Waals surface area contributed by atoms with Crippen molar-refractivity contribution >= 4 is 50.2 Å². The van der Waals surface area contributed by atoms with Crippen LogP contribution in [0.5, 0.6) is 5.75 Å². The Hall–Kier alpha value is -2.62. The van der Waals surface area contributed by atoms with E-state index in [1.807, 2.05) is 6.92 Å². The van der Waals surface area contributed by atoms with E-state index < -0.39 is 10.0 Å². The van der Waals surface area contributed by atoms with Crippen LogP contribution in [0.15, 0.2) is 42.6 Å². The standard InChI is InChI=1S/C18H16ClN3O4S2/c1-10-14(17-15(23)4-3-5-20-17)9-16(27-10)18(24)21-12-6-11(19)7-13(8-12)22-28(2,25)26/h3-9,22-23H,1-2H3,(H,21,24). The fraction of sp³-hybridized carbons (Fsp3) is 0.111. The summed E-state index contributed by atoms with van der Waals surface area (Å²) in [5.74, 6) is -0.357. The number of aryl methyl sites for hydroxylation is 1. The van der Waals surface area contributed by atoms with Crippen molar-refractivity contribution in [1.29, 1.82) is 0 Å². The lowest BCUT2D eigenvalue weighted by molar-refractivity contribution is 0.103. The first kappa shape index (κ1) is 20.1. The lowest BCUT2D eigenvalue weighted by atomic mass is 10.1. The first-order valence-corrected chi connectivity index (χ1v) is 11.1. The first-order valence-electron chi connectivity index (χ1n) is 7.97. The average Bonchev–Trinajstić information content (AvgIpc) is 2.95. The number of carbonyl (C=O) groups is 1. The molecule has 1 aromatic carbocycles. The van der Waals surface area contributed by atoms with Crippen molar-refractivity contribution in [3.05, 3.63) is 57.4 Å². The topological polar surface area (TPSA) is 108 Å². The van der Waals surface area contributed by atoms with Crippen molar-refractivity contribution < 1.29 is 18.3 Å². The van der Waals surface area contributed by atoms with Crippen LogP contribution in [-0.4, -0.2) is 30.7 Å². The summed E-state index contributed by atoms with van der Waals surface area (Å²) in [7, 11) is -3.48. The number of sulfonamides is 1. The van der Waals surface area contributed by atoms with Gasteiger partial charge in [-0.2, -0.15) is 0 Å². The van der Waals surface area contributed by atoms with Crippen LogP contribution < -0.4 is 10.0 Å². The second kappa shape index (κ2) is 7.78. The van der Waals surface area contributed by atoms with E-state index in [2.05, 4.69) is 15.0 Å². The fourth-order valence-electron chi connectivity index (χ4n) is 2.56. The first-order chi connectivity index (χ1) is 13.1. The third kappa shape index (κ3) is 4.80. The molecule has 3 N–H and O–H groups in total. The Labute approximate surface area is 171 Å². The Bertz CT molecular complexity index is 1160. The van der Waals surface area contributed by atoms with E-state index in [4.69, 9.17) is 11.6 Å². The highest BCUT2D eigenvalue weighted by atomic mass is 35.5. The highest BCUT2D eigenvalue weighted by Crippen LogP contribution is 2.35. The van der Waals surface area contributed by atoms with E-state index in [9.17, 15) is 18.3 Å². The minimum atomic E-state index is -3.48. The summed E-state index contributed by atoms with van der Waals surface area (Å²) in [5, 5.41) is 13.0. The molecule has 28 heavy (non-hydrogen) atoms. The van der Waals surface area contributed by atoms with Crippen molar-refractivity contribution in [2.24, 2.45) is 0 Å². The number of nitrogens with one attached hydrogen (secondary N) is 2. The van der Waals surface area contributed by atoms with Crippen LogP contribution in [0, 0.1) is 6.92 Å². The molecule has 0 unspecified atom stereocenters. The highest BCUT2D eigenvalue weighted by molar-refractivity contribution is 7.92. The van der Waals surface area contributed by atoms with Gasteiger partial charge in [0, 0.05) is 27.3 Å². The van der Waals surface area contributed by atoms with Gasteiger partial charge in [0.1, 0.15) is 11.4 Å². The van der Waals surface area contributed by atoms with Crippen LogP contribution in [0.25, 0.3) is 11.3 Å². The summed E-state index contributed by atoms with van der Waals surface area (Å²) < 4.78 is 25.1. The number of anilines is 2. The number of nitrogens with zero attached hydrogens (tertiary/aromatic N) is 1. The molecule has 0 aliphatic rings. The van der Waals surface area contributed by atoms with Crippen LogP contribution in [0.1, 0.15) is 14.5 Å². The monoisotopic (exact) mass is 437 g/mol. The van der Waals surface area contributed by atoms with E-state index in [1.54, 1.807) is 18.3 Å². The number of rotatable bonds is 5. The van der Waals surface area contributed by atoms with Gasteiger partial charge in [-0.3, -0.25) is 14.5 Å². The summed E-state index contributed by atoms with van der Waals surface area (Å²) >= 11 is 7.27. The minimum Gasteiger partial charge on any atom is -0.506 e. The number of benzene rings is 1. The Balaban J connectivity index is 1.86. The van der Waals surface area contributed by atoms with E-state index in [0.29, 0.717) is 21.8 Å². The van der Waals surface area contributed by atoms with Gasteiger partial charge in [-0.05, 0) is 43.3 Å². The van der Waals surface area contributed by atoms with Crippen molar-refractivity contribution in [3.8, 4) is 17.0 Å². The summed E-state index contributed by atoms with van der Waals surface area (Å²) in [6.45, 7) is 1.83. The van der Waals surface area contributed by atoms with Gasteiger partial charge in [0.25, 0.3) is 5.91 Å². The molecular weight excluding hydrogens is 422 g/mol. The second-order valence-electron chi connectivity index (χ2n) is 6.01. The van der Waals surface area contributed by atoms with Crippen molar-refractivity contribution in [1.82, 2.24) is 4.98 Å². The van der Waals surface area contributed by atoms with Crippen molar-refractivity contribution in [3.63, 3.8) is 0 Å². The number of hydrogen-bond acceptors (Lipinski definition) is 6. The van der Waals surface area contributed by atoms with Gasteiger partial charge in [0.05, 0.1) is 16.8 Å². The molecule has 0 aliphatic carbocycles. The summed E-state index contributed by atoms with van der Waals surface area (Å²) in [6, 6.07) is 9.22. The normalized spacial score (nSPS) is 11.2. The zero-order valence-electron chi connectivity index (χ0n) is 14.9. The van der Waals surface area contributed by atoms with Crippen LogP contribution in [0.4, 0.5) is 11.4 Å². The number of pyridine rings is 1. The zero-order chi connectivity index (χ0) is 20.5. The fourth-order valence-corrected chi connectivity index (χ4v) is 4.26. The molecule has 0 saturated carbocycles. The molecule has 0 atom stereocenters. The number of carbonyl (C=O) groups excluding carboxylic acids is 1. The number of hydrogen-bond donors (Lipinski definition) is 3. The number of amides is 1. The highest BCUT2D eigenvalue weighted by Gasteiger charge is 2.17. The second-order valence-corrected chi connectivity index (χ2v) is 9.45. The van der Waals surface area contributed by atoms with Gasteiger partial charge in [0.15, 0.2) is 0 Å². The quantitative estimate of drug-likeness (QED) is 0.556. The summed E-state index contributed by atoms with van der Waals surface area (Å²) in [4.78, 5) is 18.0. The third-order valence-corrected chi connectivity index (χ3v) is 5.52. The maximum atomic E-state index is 12.6. The Morgan fingerprint density at radius 1 is 1.21 bits per heavy atom. The molecule has 1 amide bonds. The molecule has 7 nitrogen and oxygen atoms in total. The molecule has 146 valence electrons. The minimum absolute atomic E-state index is 0.0293. The van der Waals surface area contributed by atoms with Crippen LogP contribution in [0.3, 0.4) is 0 Å². The van der Waals surface area contributed by atoms with E-state index in [1.165, 1.54) is 35.6 Å². The number of thiophene rings is 1. The molecule has 0 aliphatic heterocycles. The molecule has 0 bridgehead atoms. The largest absolute Gasteiger partial charge is 0.506 e. The van der Waals surface area contributed by atoms with Gasteiger partial charge in [-0.15, -0.1) is 11.3 Å². The number of halogens is 1. The molecule has 10 heteroatoms. The van der Waals surface area contributed by atoms with Crippen molar-refractivity contribution in [2.45, 2.75) is 6.92 Å². The SMILES string of the molecule is Cc1sc(C(=O)Nc2cc(Cl)cc(NS(C)(=O)=O)c2)cc1-c1ncccc1O. The van der Waals surface area contributed by atoms with Gasteiger partial charge in [-0.25, -0.2) is 8.42 Å². The van der Waals surface area contributed by atoms with E-state index in [0.717, 1.165) is 11.1 Å². The Kier molecular flexibility index (Phi) is 5.59. The zero-order valence-corrected chi connectivity index (χ0v) is 17.2. The van der Waals surface area contributed by atoms with Crippen molar-refractivity contribution in [2.75, 3.05) is 16.3 Å². The molecule has 0 spiro atoms. The van der Waals surface area contributed by atoms with Crippen LogP contribution in [0.2, 0.25) is 5.02 Å². The van der Waals surface area contributed by atoms with Crippen LogP contribution >= 0.6 is 22.9 Å². The molecule has 2 aromatic heterocycles. The van der Waals surface area contributed by atoms with Gasteiger partial charge >= 0.3 is 0 Å².